The monoisotopic (exact) mass is 347 g/mol. The first-order valence-corrected chi connectivity index (χ1v) is 8.82. The molecule has 0 aliphatic carbocycles. The van der Waals surface area contributed by atoms with Gasteiger partial charge in [-0.25, -0.2) is 0 Å². The van der Waals surface area contributed by atoms with E-state index in [-0.39, 0.29) is 17.2 Å². The number of carbonyl (C=O) groups excluding carboxylic acids is 2. The van der Waals surface area contributed by atoms with E-state index in [1.807, 2.05) is 0 Å². The van der Waals surface area contributed by atoms with Gasteiger partial charge in [0.1, 0.15) is 5.75 Å². The highest BCUT2D eigenvalue weighted by Gasteiger charge is 2.33. The molecule has 2 aliphatic rings. The fraction of sp³-hybridized carbons (Fsp3) is 0.579. The van der Waals surface area contributed by atoms with E-state index in [0.717, 1.165) is 45.0 Å². The van der Waals surface area contributed by atoms with Crippen LogP contribution in [0, 0.1) is 5.41 Å². The molecule has 0 radical (unpaired) electrons. The van der Waals surface area contributed by atoms with E-state index in [4.69, 9.17) is 14.2 Å². The minimum atomic E-state index is -0.138. The SMILES string of the molecule is CC1(COCCCCOc2ccc(N3C(=O)CCC3=O)cc2)COC1. The number of benzene rings is 1. The van der Waals surface area contributed by atoms with Gasteiger partial charge in [0, 0.05) is 24.9 Å². The van der Waals surface area contributed by atoms with Gasteiger partial charge >= 0.3 is 0 Å². The van der Waals surface area contributed by atoms with Crippen molar-refractivity contribution in [3.05, 3.63) is 24.3 Å². The lowest BCUT2D eigenvalue weighted by Gasteiger charge is -2.37. The first-order chi connectivity index (χ1) is 12.1. The fourth-order valence-corrected chi connectivity index (χ4v) is 2.90. The predicted molar refractivity (Wildman–Crippen MR) is 92.6 cm³/mol. The fourth-order valence-electron chi connectivity index (χ4n) is 2.90. The summed E-state index contributed by atoms with van der Waals surface area (Å²) in [7, 11) is 0. The van der Waals surface area contributed by atoms with Crippen LogP contribution in [0.3, 0.4) is 0 Å². The van der Waals surface area contributed by atoms with Gasteiger partial charge in [-0.1, -0.05) is 6.92 Å². The predicted octanol–water partition coefficient (Wildman–Crippen LogP) is 2.55. The van der Waals surface area contributed by atoms with Crippen molar-refractivity contribution >= 4 is 17.5 Å². The molecule has 0 atom stereocenters. The van der Waals surface area contributed by atoms with Crippen LogP contribution in [0.4, 0.5) is 5.69 Å². The maximum absolute atomic E-state index is 11.7. The maximum atomic E-state index is 11.7. The zero-order valence-corrected chi connectivity index (χ0v) is 14.7. The molecule has 0 saturated carbocycles. The van der Waals surface area contributed by atoms with Gasteiger partial charge in [0.05, 0.1) is 32.1 Å². The molecule has 3 rings (SSSR count). The molecule has 0 bridgehead atoms. The van der Waals surface area contributed by atoms with Crippen LogP contribution in [0.1, 0.15) is 32.6 Å². The van der Waals surface area contributed by atoms with Crippen LogP contribution < -0.4 is 9.64 Å². The maximum Gasteiger partial charge on any atom is 0.234 e. The molecule has 25 heavy (non-hydrogen) atoms. The van der Waals surface area contributed by atoms with Crippen molar-refractivity contribution in [2.45, 2.75) is 32.6 Å². The number of nitrogens with zero attached hydrogens (tertiary/aromatic N) is 1. The summed E-state index contributed by atoms with van der Waals surface area (Å²) < 4.78 is 16.6. The summed E-state index contributed by atoms with van der Waals surface area (Å²) in [6.07, 6.45) is 2.46. The van der Waals surface area contributed by atoms with E-state index in [1.54, 1.807) is 24.3 Å². The number of rotatable bonds is 9. The Kier molecular flexibility index (Phi) is 5.71. The number of hydrogen-bond acceptors (Lipinski definition) is 5. The number of amides is 2. The molecular weight excluding hydrogens is 322 g/mol. The molecule has 0 N–H and O–H groups in total. The summed E-state index contributed by atoms with van der Waals surface area (Å²) in [5.74, 6) is 0.463. The number of imide groups is 1. The molecule has 1 aromatic carbocycles. The average molecular weight is 347 g/mol. The Morgan fingerprint density at radius 2 is 1.68 bits per heavy atom. The topological polar surface area (TPSA) is 65.1 Å². The second kappa shape index (κ2) is 7.97. The molecule has 2 heterocycles. The Balaban J connectivity index is 1.32. The summed E-state index contributed by atoms with van der Waals surface area (Å²) >= 11 is 0. The lowest BCUT2D eigenvalue weighted by Crippen LogP contribution is -2.43. The summed E-state index contributed by atoms with van der Waals surface area (Å²) in [5.41, 5.74) is 0.817. The highest BCUT2D eigenvalue weighted by Crippen LogP contribution is 2.27. The highest BCUT2D eigenvalue weighted by atomic mass is 16.5. The summed E-state index contributed by atoms with van der Waals surface area (Å²) in [5, 5.41) is 0. The van der Waals surface area contributed by atoms with Gasteiger partial charge in [0.25, 0.3) is 0 Å². The van der Waals surface area contributed by atoms with Gasteiger partial charge in [-0.05, 0) is 37.1 Å². The molecule has 1 aromatic rings. The van der Waals surface area contributed by atoms with E-state index in [1.165, 1.54) is 4.90 Å². The third kappa shape index (κ3) is 4.58. The minimum Gasteiger partial charge on any atom is -0.494 e. The van der Waals surface area contributed by atoms with Crippen LogP contribution in [0.5, 0.6) is 5.75 Å². The second-order valence-corrected chi connectivity index (χ2v) is 7.03. The lowest BCUT2D eigenvalue weighted by molar-refractivity contribution is -0.138. The molecule has 6 heteroatoms. The van der Waals surface area contributed by atoms with Gasteiger partial charge in [-0.3, -0.25) is 14.5 Å². The van der Waals surface area contributed by atoms with Crippen LogP contribution in [-0.2, 0) is 19.1 Å². The number of ether oxygens (including phenoxy) is 3. The number of anilines is 1. The van der Waals surface area contributed by atoms with E-state index in [9.17, 15) is 9.59 Å². The largest absolute Gasteiger partial charge is 0.494 e. The number of hydrogen-bond donors (Lipinski definition) is 0. The van der Waals surface area contributed by atoms with Crippen LogP contribution in [0.15, 0.2) is 24.3 Å². The van der Waals surface area contributed by atoms with Crippen molar-refractivity contribution in [2.24, 2.45) is 5.41 Å². The standard InChI is InChI=1S/C19H25NO5/c1-19(13-24-14-19)12-23-10-2-3-11-25-16-6-4-15(5-7-16)20-17(21)8-9-18(20)22/h4-7H,2-3,8-14H2,1H3. The molecule has 6 nitrogen and oxygen atoms in total. The third-order valence-electron chi connectivity index (χ3n) is 4.45. The van der Waals surface area contributed by atoms with Gasteiger partial charge in [0.2, 0.25) is 11.8 Å². The number of carbonyl (C=O) groups is 2. The Hall–Kier alpha value is -1.92. The summed E-state index contributed by atoms with van der Waals surface area (Å²) in [4.78, 5) is 24.7. The van der Waals surface area contributed by atoms with Crippen molar-refractivity contribution < 1.29 is 23.8 Å². The van der Waals surface area contributed by atoms with Crippen molar-refractivity contribution in [1.29, 1.82) is 0 Å². The third-order valence-corrected chi connectivity index (χ3v) is 4.45. The van der Waals surface area contributed by atoms with E-state index in [0.29, 0.717) is 25.1 Å². The zero-order valence-electron chi connectivity index (χ0n) is 14.7. The Labute approximate surface area is 148 Å². The highest BCUT2D eigenvalue weighted by molar-refractivity contribution is 6.19. The normalized spacial score (nSPS) is 19.2. The van der Waals surface area contributed by atoms with Crippen LogP contribution in [0.25, 0.3) is 0 Å². The molecule has 136 valence electrons. The van der Waals surface area contributed by atoms with Crippen LogP contribution >= 0.6 is 0 Å². The van der Waals surface area contributed by atoms with Gasteiger partial charge in [-0.2, -0.15) is 0 Å². The molecule has 2 fully saturated rings. The van der Waals surface area contributed by atoms with Gasteiger partial charge in [-0.15, -0.1) is 0 Å². The molecule has 2 aliphatic heterocycles. The zero-order chi connectivity index (χ0) is 17.7. The summed E-state index contributed by atoms with van der Waals surface area (Å²) in [6.45, 7) is 5.86. The smallest absolute Gasteiger partial charge is 0.234 e. The molecule has 0 aromatic heterocycles. The molecule has 0 unspecified atom stereocenters. The lowest BCUT2D eigenvalue weighted by atomic mass is 9.90. The number of unbranched alkanes of at least 4 members (excludes halogenated alkanes) is 1. The van der Waals surface area contributed by atoms with Crippen molar-refractivity contribution in [1.82, 2.24) is 0 Å². The van der Waals surface area contributed by atoms with Gasteiger partial charge in [0.15, 0.2) is 0 Å². The Morgan fingerprint density at radius 1 is 1.04 bits per heavy atom. The van der Waals surface area contributed by atoms with Crippen LogP contribution in [0.2, 0.25) is 0 Å². The summed E-state index contributed by atoms with van der Waals surface area (Å²) in [6, 6.07) is 7.09. The average Bonchev–Trinajstić information content (AvgIpc) is 2.92. The Morgan fingerprint density at radius 3 is 2.28 bits per heavy atom. The molecular formula is C19H25NO5. The van der Waals surface area contributed by atoms with Gasteiger partial charge < -0.3 is 14.2 Å². The van der Waals surface area contributed by atoms with E-state index >= 15 is 0 Å². The van der Waals surface area contributed by atoms with Crippen LogP contribution in [-0.4, -0.2) is 44.8 Å². The van der Waals surface area contributed by atoms with E-state index < -0.39 is 0 Å². The Bertz CT molecular complexity index is 593. The van der Waals surface area contributed by atoms with Crippen molar-refractivity contribution in [2.75, 3.05) is 37.9 Å². The second-order valence-electron chi connectivity index (χ2n) is 7.03. The quantitative estimate of drug-likeness (QED) is 0.507. The van der Waals surface area contributed by atoms with Crippen molar-refractivity contribution in [3.63, 3.8) is 0 Å². The van der Waals surface area contributed by atoms with E-state index in [2.05, 4.69) is 6.92 Å². The molecule has 2 amide bonds. The molecule has 0 spiro atoms. The minimum absolute atomic E-state index is 0.138. The first kappa shape index (κ1) is 17.9. The molecule has 2 saturated heterocycles. The first-order valence-electron chi connectivity index (χ1n) is 8.82. The van der Waals surface area contributed by atoms with Crippen molar-refractivity contribution in [3.8, 4) is 5.75 Å².